The summed E-state index contributed by atoms with van der Waals surface area (Å²) in [5.41, 5.74) is -0.172. The number of methoxy groups -OCH3 is 1. The van der Waals surface area contributed by atoms with Crippen molar-refractivity contribution in [2.75, 3.05) is 46.2 Å². The summed E-state index contributed by atoms with van der Waals surface area (Å²) < 4.78 is 56.2. The van der Waals surface area contributed by atoms with Crippen LogP contribution in [0.1, 0.15) is 68.0 Å². The number of anilines is 1. The number of likely N-dealkylation sites (tertiary alicyclic amines) is 1. The zero-order valence-electron chi connectivity index (χ0n) is 26.0. The van der Waals surface area contributed by atoms with Gasteiger partial charge in [-0.15, -0.1) is 0 Å². The summed E-state index contributed by atoms with van der Waals surface area (Å²) >= 11 is 0. The van der Waals surface area contributed by atoms with Gasteiger partial charge in [-0.2, -0.15) is 0 Å². The molecule has 2 aromatic heterocycles. The van der Waals surface area contributed by atoms with Crippen LogP contribution in [0.15, 0.2) is 29.1 Å². The van der Waals surface area contributed by atoms with E-state index in [-0.39, 0.29) is 23.1 Å². The lowest BCUT2D eigenvalue weighted by molar-refractivity contribution is -0.135. The number of aromatic nitrogens is 2. The van der Waals surface area contributed by atoms with Gasteiger partial charge in [-0.3, -0.25) is 9.59 Å². The molecule has 0 bridgehead atoms. The molecule has 1 N–H and O–H groups in total. The number of carbonyl (C=O) groups excluding carboxylic acids is 1. The third-order valence-corrected chi connectivity index (χ3v) is 8.96. The lowest BCUT2D eigenvalue weighted by Gasteiger charge is -2.40. The van der Waals surface area contributed by atoms with E-state index in [4.69, 9.17) is 14.5 Å². The quantitative estimate of drug-likeness (QED) is 0.385. The van der Waals surface area contributed by atoms with E-state index in [1.807, 2.05) is 19.0 Å². The number of nitrogens with zero attached hydrogens (tertiary/aromatic N) is 4. The first-order chi connectivity index (χ1) is 20.9. The molecule has 0 spiro atoms. The average molecular weight is 616 g/mol. The molecule has 1 saturated heterocycles. The molecule has 0 aliphatic carbocycles. The normalized spacial score (nSPS) is 18.8. The highest BCUT2D eigenvalue weighted by Crippen LogP contribution is 2.41. The summed E-state index contributed by atoms with van der Waals surface area (Å²) in [6, 6.07) is 4.99. The fraction of sp³-hybridized carbons (Fsp3) is 0.531. The van der Waals surface area contributed by atoms with Crippen molar-refractivity contribution in [3.63, 3.8) is 0 Å². The van der Waals surface area contributed by atoms with Gasteiger partial charge in [0.05, 0.1) is 28.4 Å². The van der Waals surface area contributed by atoms with Crippen LogP contribution in [0.5, 0.6) is 5.75 Å². The Morgan fingerprint density at radius 3 is 2.55 bits per heavy atom. The first-order valence-corrected chi connectivity index (χ1v) is 14.9. The van der Waals surface area contributed by atoms with Crippen molar-refractivity contribution in [2.45, 2.75) is 63.7 Å². The number of fused-ring (bicyclic) bond motifs is 3. The number of benzene rings is 1. The first-order valence-electron chi connectivity index (χ1n) is 14.9. The maximum Gasteiger partial charge on any atom is 0.266 e. The molecule has 4 heterocycles. The standard InChI is InChI=1S/C32H40F3N5O4/c1-18(21-8-7-9-22(26(21)33)29(34)35)36-30-23-16-24(32(43-6)12-14-40(15-13-32)19(2)41)31(42)39(5)27(23)28-25(37-30)11-10-20(44-28)17-38(3)4/h7-9,16,18,20,29H,10-15,17H2,1-6H3,(H,36,37)/t18-,20+/m1/s1. The van der Waals surface area contributed by atoms with Gasteiger partial charge in [0.1, 0.15) is 23.3 Å². The van der Waals surface area contributed by atoms with Crippen LogP contribution in [0.2, 0.25) is 0 Å². The summed E-state index contributed by atoms with van der Waals surface area (Å²) in [5.74, 6) is -0.105. The van der Waals surface area contributed by atoms with E-state index < -0.39 is 29.4 Å². The predicted molar refractivity (Wildman–Crippen MR) is 162 cm³/mol. The summed E-state index contributed by atoms with van der Waals surface area (Å²) in [6.45, 7) is 4.75. The second kappa shape index (κ2) is 12.4. The summed E-state index contributed by atoms with van der Waals surface area (Å²) in [5, 5.41) is 3.83. The minimum Gasteiger partial charge on any atom is -0.485 e. The Morgan fingerprint density at radius 2 is 1.93 bits per heavy atom. The molecule has 0 unspecified atom stereocenters. The Labute approximate surface area is 254 Å². The largest absolute Gasteiger partial charge is 0.485 e. The van der Waals surface area contributed by atoms with Crippen LogP contribution in [0.3, 0.4) is 0 Å². The van der Waals surface area contributed by atoms with Crippen molar-refractivity contribution in [1.29, 1.82) is 0 Å². The van der Waals surface area contributed by atoms with Gasteiger partial charge in [0, 0.05) is 51.7 Å². The lowest BCUT2D eigenvalue weighted by atomic mass is 9.84. The highest BCUT2D eigenvalue weighted by Gasteiger charge is 2.40. The molecule has 2 aliphatic rings. The van der Waals surface area contributed by atoms with E-state index in [1.54, 1.807) is 36.6 Å². The van der Waals surface area contributed by atoms with Crippen LogP contribution in [-0.2, 0) is 28.6 Å². The lowest BCUT2D eigenvalue weighted by Crippen LogP contribution is -2.48. The minimum atomic E-state index is -2.95. The molecule has 238 valence electrons. The number of hydrogen-bond donors (Lipinski definition) is 1. The van der Waals surface area contributed by atoms with Crippen LogP contribution in [0.25, 0.3) is 10.9 Å². The maximum atomic E-state index is 15.2. The molecule has 2 atom stereocenters. The van der Waals surface area contributed by atoms with Crippen molar-refractivity contribution in [3.05, 3.63) is 62.8 Å². The zero-order chi connectivity index (χ0) is 31.9. The first kappa shape index (κ1) is 31.8. The van der Waals surface area contributed by atoms with E-state index in [0.29, 0.717) is 72.6 Å². The van der Waals surface area contributed by atoms with Gasteiger partial charge in [-0.1, -0.05) is 18.2 Å². The topological polar surface area (TPSA) is 88.9 Å². The summed E-state index contributed by atoms with van der Waals surface area (Å²) in [7, 11) is 7.18. The molecule has 5 rings (SSSR count). The molecular weight excluding hydrogens is 575 g/mol. The highest BCUT2D eigenvalue weighted by atomic mass is 19.3. The van der Waals surface area contributed by atoms with Crippen molar-refractivity contribution in [3.8, 4) is 5.75 Å². The predicted octanol–water partition coefficient (Wildman–Crippen LogP) is 4.92. The fourth-order valence-corrected chi connectivity index (χ4v) is 6.48. The molecule has 1 amide bonds. The number of rotatable bonds is 8. The number of alkyl halides is 2. The maximum absolute atomic E-state index is 15.2. The molecule has 44 heavy (non-hydrogen) atoms. The van der Waals surface area contributed by atoms with Crippen LogP contribution >= 0.6 is 0 Å². The van der Waals surface area contributed by atoms with Crippen LogP contribution < -0.4 is 15.6 Å². The fourth-order valence-electron chi connectivity index (χ4n) is 6.48. The molecule has 3 aromatic rings. The van der Waals surface area contributed by atoms with Gasteiger partial charge in [0.15, 0.2) is 5.75 Å². The molecule has 2 aliphatic heterocycles. The molecular formula is C32H40F3N5O4. The van der Waals surface area contributed by atoms with E-state index in [0.717, 1.165) is 12.5 Å². The Hall–Kier alpha value is -3.64. The minimum absolute atomic E-state index is 0.0370. The van der Waals surface area contributed by atoms with Crippen molar-refractivity contribution in [1.82, 2.24) is 19.4 Å². The average Bonchev–Trinajstić information content (AvgIpc) is 2.98. The monoisotopic (exact) mass is 615 g/mol. The third-order valence-electron chi connectivity index (χ3n) is 8.96. The van der Waals surface area contributed by atoms with Crippen molar-refractivity contribution in [2.24, 2.45) is 7.05 Å². The molecule has 9 nitrogen and oxygen atoms in total. The third kappa shape index (κ3) is 5.77. The van der Waals surface area contributed by atoms with Crippen LogP contribution in [0, 0.1) is 5.82 Å². The smallest absolute Gasteiger partial charge is 0.266 e. The van der Waals surface area contributed by atoms with E-state index in [2.05, 4.69) is 5.32 Å². The SMILES string of the molecule is COC1(c2cc3c(N[C@H](C)c4cccc(C(F)F)c4F)nc4c(c3n(C)c2=O)O[C@H](CN(C)C)CC4)CCN(C(C)=O)CC1. The van der Waals surface area contributed by atoms with Gasteiger partial charge < -0.3 is 29.2 Å². The molecule has 1 aromatic carbocycles. The number of carbonyl (C=O) groups is 1. The summed E-state index contributed by atoms with van der Waals surface area (Å²) in [4.78, 5) is 34.8. The van der Waals surface area contributed by atoms with E-state index >= 15 is 4.39 Å². The Balaban J connectivity index is 1.67. The number of nitrogens with one attached hydrogen (secondary N) is 1. The Bertz CT molecular complexity index is 1620. The van der Waals surface area contributed by atoms with Crippen molar-refractivity contribution < 1.29 is 27.4 Å². The number of ether oxygens (including phenoxy) is 2. The molecule has 12 heteroatoms. The van der Waals surface area contributed by atoms with Crippen LogP contribution in [-0.4, -0.2) is 72.2 Å². The second-order valence-corrected chi connectivity index (χ2v) is 12.1. The van der Waals surface area contributed by atoms with Gasteiger partial charge in [0.2, 0.25) is 5.91 Å². The number of likely N-dealkylation sites (N-methyl/N-ethyl adjacent to an activating group) is 1. The number of halogens is 3. The summed E-state index contributed by atoms with van der Waals surface area (Å²) in [6.07, 6.45) is -0.893. The number of amides is 1. The highest BCUT2D eigenvalue weighted by molar-refractivity contribution is 5.95. The van der Waals surface area contributed by atoms with Gasteiger partial charge in [-0.25, -0.2) is 18.2 Å². The molecule has 0 radical (unpaired) electrons. The Morgan fingerprint density at radius 1 is 1.25 bits per heavy atom. The van der Waals surface area contributed by atoms with E-state index in [9.17, 15) is 18.4 Å². The zero-order valence-corrected chi connectivity index (χ0v) is 26.0. The Kier molecular flexibility index (Phi) is 8.95. The number of hydrogen-bond acceptors (Lipinski definition) is 7. The van der Waals surface area contributed by atoms with Gasteiger partial charge >= 0.3 is 0 Å². The van der Waals surface area contributed by atoms with Gasteiger partial charge in [-0.05, 0) is 52.8 Å². The van der Waals surface area contributed by atoms with Crippen LogP contribution in [0.4, 0.5) is 19.0 Å². The number of aryl methyl sites for hydroxylation is 2. The van der Waals surface area contributed by atoms with Crippen molar-refractivity contribution >= 4 is 22.6 Å². The molecule has 0 saturated carbocycles. The number of piperidine rings is 1. The second-order valence-electron chi connectivity index (χ2n) is 12.1. The van der Waals surface area contributed by atoms with E-state index in [1.165, 1.54) is 19.1 Å². The van der Waals surface area contributed by atoms with Gasteiger partial charge in [0.25, 0.3) is 12.0 Å². The number of pyridine rings is 2. The molecule has 1 fully saturated rings.